The first-order valence-corrected chi connectivity index (χ1v) is 9.07. The van der Waals surface area contributed by atoms with Crippen LogP contribution in [0.2, 0.25) is 5.02 Å². The molecule has 0 bridgehead atoms. The number of hydrogen-bond acceptors (Lipinski definition) is 5. The summed E-state index contributed by atoms with van der Waals surface area (Å²) in [4.78, 5) is 27.3. The van der Waals surface area contributed by atoms with Gasteiger partial charge in [0.05, 0.1) is 21.6 Å². The third-order valence-electron chi connectivity index (χ3n) is 4.45. The van der Waals surface area contributed by atoms with E-state index in [-0.39, 0.29) is 5.91 Å². The Morgan fingerprint density at radius 1 is 1.30 bits per heavy atom. The maximum absolute atomic E-state index is 12.8. The van der Waals surface area contributed by atoms with Crippen LogP contribution in [0.15, 0.2) is 18.7 Å². The highest BCUT2D eigenvalue weighted by Gasteiger charge is 2.24. The van der Waals surface area contributed by atoms with Crippen molar-refractivity contribution in [1.29, 1.82) is 0 Å². The van der Waals surface area contributed by atoms with Gasteiger partial charge in [0.15, 0.2) is 0 Å². The molecule has 0 saturated carbocycles. The normalized spacial score (nSPS) is 11.4. The number of aromatic nitrogens is 4. The molecule has 7 nitrogen and oxygen atoms in total. The summed E-state index contributed by atoms with van der Waals surface area (Å²) in [5, 5.41) is 0.401. The van der Waals surface area contributed by atoms with Gasteiger partial charge in [-0.15, -0.1) is 0 Å². The largest absolute Gasteiger partial charge is 0.383 e. The van der Waals surface area contributed by atoms with Crippen LogP contribution in [0.3, 0.4) is 0 Å². The minimum Gasteiger partial charge on any atom is -0.383 e. The van der Waals surface area contributed by atoms with Crippen LogP contribution in [0, 0.1) is 12.8 Å². The van der Waals surface area contributed by atoms with Crippen molar-refractivity contribution in [3.63, 3.8) is 0 Å². The van der Waals surface area contributed by atoms with Crippen molar-refractivity contribution in [3.8, 4) is 5.82 Å². The SMILES string of the molecule is Cc1c(N)ncnc1-n1cnc2c(CC(C)C)c(C(=O)N(C)C)c(Cl)cc21. The zero-order chi connectivity index (χ0) is 19.9. The molecular weight excluding hydrogens is 364 g/mol. The number of anilines is 1. The maximum Gasteiger partial charge on any atom is 0.255 e. The number of rotatable bonds is 4. The number of halogens is 1. The summed E-state index contributed by atoms with van der Waals surface area (Å²) in [7, 11) is 3.43. The Kier molecular flexibility index (Phi) is 5.06. The fourth-order valence-electron chi connectivity index (χ4n) is 3.11. The molecule has 142 valence electrons. The van der Waals surface area contributed by atoms with E-state index >= 15 is 0 Å². The molecule has 3 rings (SSSR count). The van der Waals surface area contributed by atoms with Gasteiger partial charge in [0.1, 0.15) is 24.3 Å². The van der Waals surface area contributed by atoms with Gasteiger partial charge in [-0.3, -0.25) is 9.36 Å². The number of fused-ring (bicyclic) bond motifs is 1. The van der Waals surface area contributed by atoms with Crippen LogP contribution in [0.4, 0.5) is 5.82 Å². The first-order chi connectivity index (χ1) is 12.7. The Balaban J connectivity index is 2.33. The number of carbonyl (C=O) groups is 1. The fraction of sp³-hybridized carbons (Fsp3) is 0.368. The number of nitrogen functional groups attached to an aromatic ring is 1. The minimum absolute atomic E-state index is 0.130. The van der Waals surface area contributed by atoms with Gasteiger partial charge in [-0.05, 0) is 30.9 Å². The van der Waals surface area contributed by atoms with Gasteiger partial charge < -0.3 is 10.6 Å². The molecule has 0 aliphatic carbocycles. The summed E-state index contributed by atoms with van der Waals surface area (Å²) in [5.41, 5.74) is 9.58. The molecule has 0 spiro atoms. The fourth-order valence-corrected chi connectivity index (χ4v) is 3.41. The zero-order valence-corrected chi connectivity index (χ0v) is 16.9. The highest BCUT2D eigenvalue weighted by atomic mass is 35.5. The molecule has 1 aromatic carbocycles. The van der Waals surface area contributed by atoms with Crippen molar-refractivity contribution in [3.05, 3.63) is 40.4 Å². The van der Waals surface area contributed by atoms with Crippen LogP contribution in [-0.2, 0) is 6.42 Å². The van der Waals surface area contributed by atoms with Crippen LogP contribution in [-0.4, -0.2) is 44.4 Å². The number of hydrogen-bond donors (Lipinski definition) is 1. The van der Waals surface area contributed by atoms with Crippen molar-refractivity contribution >= 4 is 34.4 Å². The second kappa shape index (κ2) is 7.15. The molecule has 27 heavy (non-hydrogen) atoms. The monoisotopic (exact) mass is 386 g/mol. The predicted molar refractivity (Wildman–Crippen MR) is 107 cm³/mol. The molecular formula is C19H23ClN6O. The van der Waals surface area contributed by atoms with Crippen molar-refractivity contribution in [1.82, 2.24) is 24.4 Å². The first kappa shape index (κ1) is 19.1. The Labute approximate surface area is 163 Å². The van der Waals surface area contributed by atoms with E-state index in [4.69, 9.17) is 17.3 Å². The highest BCUT2D eigenvalue weighted by molar-refractivity contribution is 6.35. The molecule has 2 aromatic heterocycles. The molecule has 8 heteroatoms. The molecule has 1 amide bonds. The minimum atomic E-state index is -0.130. The Hall–Kier alpha value is -2.67. The molecule has 2 N–H and O–H groups in total. The van der Waals surface area contributed by atoms with E-state index in [0.717, 1.165) is 22.2 Å². The summed E-state index contributed by atoms with van der Waals surface area (Å²) in [6.07, 6.45) is 3.79. The van der Waals surface area contributed by atoms with Gasteiger partial charge in [0, 0.05) is 19.7 Å². The van der Waals surface area contributed by atoms with Crippen molar-refractivity contribution in [2.75, 3.05) is 19.8 Å². The summed E-state index contributed by atoms with van der Waals surface area (Å²) in [6, 6.07) is 1.77. The smallest absolute Gasteiger partial charge is 0.255 e. The second-order valence-corrected chi connectivity index (χ2v) is 7.61. The van der Waals surface area contributed by atoms with Crippen LogP contribution in [0.25, 0.3) is 16.9 Å². The predicted octanol–water partition coefficient (Wildman–Crippen LogP) is 3.26. The molecule has 3 aromatic rings. The van der Waals surface area contributed by atoms with Crippen molar-refractivity contribution in [2.45, 2.75) is 27.2 Å². The standard InChI is InChI=1S/C19H23ClN6O/c1-10(2)6-12-15(19(27)25(4)5)13(20)7-14-16(12)24-9-26(14)18-11(3)17(21)22-8-23-18/h7-10H,6H2,1-5H3,(H2,21,22,23). The molecule has 0 saturated heterocycles. The number of nitrogens with two attached hydrogens (primary N) is 1. The van der Waals surface area contributed by atoms with Crippen LogP contribution >= 0.6 is 11.6 Å². The third-order valence-corrected chi connectivity index (χ3v) is 4.75. The topological polar surface area (TPSA) is 89.9 Å². The van der Waals surface area contributed by atoms with Crippen LogP contribution in [0.1, 0.15) is 35.3 Å². The Bertz CT molecular complexity index is 1020. The first-order valence-electron chi connectivity index (χ1n) is 8.69. The number of benzene rings is 1. The summed E-state index contributed by atoms with van der Waals surface area (Å²) in [6.45, 7) is 6.06. The maximum atomic E-state index is 12.8. The van der Waals surface area contributed by atoms with Gasteiger partial charge in [0.25, 0.3) is 5.91 Å². The summed E-state index contributed by atoms with van der Waals surface area (Å²) >= 11 is 6.57. The number of imidazole rings is 1. The summed E-state index contributed by atoms with van der Waals surface area (Å²) in [5.74, 6) is 1.26. The molecule has 0 radical (unpaired) electrons. The molecule has 0 unspecified atom stereocenters. The molecule has 0 aliphatic rings. The van der Waals surface area contributed by atoms with Gasteiger partial charge in [-0.1, -0.05) is 25.4 Å². The lowest BCUT2D eigenvalue weighted by atomic mass is 9.95. The van der Waals surface area contributed by atoms with Crippen molar-refractivity contribution < 1.29 is 4.79 Å². The average Bonchev–Trinajstić information content (AvgIpc) is 3.00. The van der Waals surface area contributed by atoms with Crippen LogP contribution in [0.5, 0.6) is 0 Å². The van der Waals surface area contributed by atoms with Crippen molar-refractivity contribution in [2.24, 2.45) is 5.92 Å². The summed E-state index contributed by atoms with van der Waals surface area (Å²) < 4.78 is 1.84. The Morgan fingerprint density at radius 2 is 2.00 bits per heavy atom. The van der Waals surface area contributed by atoms with E-state index in [1.165, 1.54) is 11.2 Å². The number of nitrogens with zero attached hydrogens (tertiary/aromatic N) is 5. The highest BCUT2D eigenvalue weighted by Crippen LogP contribution is 2.33. The lowest BCUT2D eigenvalue weighted by molar-refractivity contribution is 0.0826. The molecule has 0 atom stereocenters. The van der Waals surface area contributed by atoms with E-state index in [9.17, 15) is 4.79 Å². The van der Waals surface area contributed by atoms with Gasteiger partial charge in [-0.2, -0.15) is 0 Å². The van der Waals surface area contributed by atoms with Gasteiger partial charge in [-0.25, -0.2) is 15.0 Å². The second-order valence-electron chi connectivity index (χ2n) is 7.20. The van der Waals surface area contributed by atoms with Gasteiger partial charge >= 0.3 is 0 Å². The molecule has 2 heterocycles. The quantitative estimate of drug-likeness (QED) is 0.743. The van der Waals surface area contributed by atoms with E-state index in [0.29, 0.717) is 34.6 Å². The van der Waals surface area contributed by atoms with Gasteiger partial charge in [0.2, 0.25) is 0 Å². The van der Waals surface area contributed by atoms with E-state index in [2.05, 4.69) is 28.8 Å². The van der Waals surface area contributed by atoms with E-state index in [1.54, 1.807) is 26.5 Å². The lowest BCUT2D eigenvalue weighted by Gasteiger charge is -2.18. The number of amides is 1. The van der Waals surface area contributed by atoms with E-state index < -0.39 is 0 Å². The molecule has 0 fully saturated rings. The third kappa shape index (κ3) is 3.35. The molecule has 0 aliphatic heterocycles. The van der Waals surface area contributed by atoms with Crippen LogP contribution < -0.4 is 5.73 Å². The van der Waals surface area contributed by atoms with E-state index in [1.807, 2.05) is 11.5 Å². The number of carbonyl (C=O) groups excluding carboxylic acids is 1. The Morgan fingerprint density at radius 3 is 2.63 bits per heavy atom. The lowest BCUT2D eigenvalue weighted by Crippen LogP contribution is -2.24. The zero-order valence-electron chi connectivity index (χ0n) is 16.1. The average molecular weight is 387 g/mol.